The van der Waals surface area contributed by atoms with Crippen LogP contribution in [0.3, 0.4) is 0 Å². The van der Waals surface area contributed by atoms with E-state index in [4.69, 9.17) is 10.1 Å². The zero-order valence-electron chi connectivity index (χ0n) is 19.4. The van der Waals surface area contributed by atoms with Gasteiger partial charge >= 0.3 is 0 Å². The molecule has 0 atom stereocenters. The molecule has 1 radical (unpaired) electrons. The summed E-state index contributed by atoms with van der Waals surface area (Å²) in [6.45, 7) is 20.3. The summed E-state index contributed by atoms with van der Waals surface area (Å²) in [6, 6.07) is 6.82. The SMILES string of the molecule is [CH2]CCCn1c(C(C)C)cc2c(C)nc3c(-c4c(C)cc(C)cc4C)c(C)nn3c21. The molecule has 0 aliphatic carbocycles. The highest BCUT2D eigenvalue weighted by molar-refractivity contribution is 5.90. The molecule has 0 aliphatic heterocycles. The van der Waals surface area contributed by atoms with Crippen molar-refractivity contribution in [3.8, 4) is 11.1 Å². The molecule has 0 spiro atoms. The maximum Gasteiger partial charge on any atom is 0.165 e. The Bertz CT molecular complexity index is 1230. The second kappa shape index (κ2) is 7.57. The number of unbranched alkanes of at least 4 members (excludes halogenated alkanes) is 1. The zero-order chi connectivity index (χ0) is 21.7. The van der Waals surface area contributed by atoms with Gasteiger partial charge in [0.1, 0.15) is 5.65 Å². The Balaban J connectivity index is 2.12. The lowest BCUT2D eigenvalue weighted by atomic mass is 9.94. The summed E-state index contributed by atoms with van der Waals surface area (Å²) in [7, 11) is 0. The molecule has 0 saturated carbocycles. The van der Waals surface area contributed by atoms with Crippen LogP contribution in [-0.2, 0) is 6.54 Å². The number of fused-ring (bicyclic) bond motifs is 3. The molecule has 3 heterocycles. The molecule has 3 aromatic heterocycles. The normalized spacial score (nSPS) is 12.0. The summed E-state index contributed by atoms with van der Waals surface area (Å²) in [6.07, 6.45) is 1.98. The van der Waals surface area contributed by atoms with E-state index < -0.39 is 0 Å². The first-order chi connectivity index (χ1) is 14.2. The molecule has 4 rings (SSSR count). The molecule has 0 amide bonds. The van der Waals surface area contributed by atoms with Crippen molar-refractivity contribution < 1.29 is 0 Å². The summed E-state index contributed by atoms with van der Waals surface area (Å²) < 4.78 is 4.53. The fourth-order valence-electron chi connectivity index (χ4n) is 4.89. The predicted octanol–water partition coefficient (Wildman–Crippen LogP) is 6.63. The molecule has 0 fully saturated rings. The fraction of sp³-hybridized carbons (Fsp3) is 0.423. The first-order valence-electron chi connectivity index (χ1n) is 11.0. The molecule has 0 N–H and O–H groups in total. The lowest BCUT2D eigenvalue weighted by Crippen LogP contribution is -2.08. The van der Waals surface area contributed by atoms with Crippen LogP contribution in [0.15, 0.2) is 18.2 Å². The predicted molar refractivity (Wildman–Crippen MR) is 126 cm³/mol. The highest BCUT2D eigenvalue weighted by Gasteiger charge is 2.23. The minimum Gasteiger partial charge on any atom is -0.329 e. The Morgan fingerprint density at radius 3 is 2.20 bits per heavy atom. The van der Waals surface area contributed by atoms with Gasteiger partial charge in [-0.25, -0.2) is 4.98 Å². The maximum absolute atomic E-state index is 5.07. The molecule has 30 heavy (non-hydrogen) atoms. The number of hydrogen-bond acceptors (Lipinski definition) is 2. The molecule has 157 valence electrons. The van der Waals surface area contributed by atoms with E-state index in [-0.39, 0.29) is 0 Å². The monoisotopic (exact) mass is 401 g/mol. The fourth-order valence-corrected chi connectivity index (χ4v) is 4.89. The Kier molecular flexibility index (Phi) is 5.21. The van der Waals surface area contributed by atoms with Crippen LogP contribution in [0.2, 0.25) is 0 Å². The van der Waals surface area contributed by atoms with Gasteiger partial charge in [-0.05, 0) is 69.7 Å². The van der Waals surface area contributed by atoms with E-state index >= 15 is 0 Å². The molecule has 4 aromatic rings. The summed E-state index contributed by atoms with van der Waals surface area (Å²) in [4.78, 5) is 5.07. The number of rotatable bonds is 5. The largest absolute Gasteiger partial charge is 0.329 e. The summed E-state index contributed by atoms with van der Waals surface area (Å²) in [5.41, 5.74) is 11.8. The maximum atomic E-state index is 5.07. The van der Waals surface area contributed by atoms with Gasteiger partial charge in [-0.1, -0.05) is 44.9 Å². The van der Waals surface area contributed by atoms with E-state index in [1.165, 1.54) is 33.3 Å². The average Bonchev–Trinajstić information content (AvgIpc) is 3.19. The van der Waals surface area contributed by atoms with Gasteiger partial charge in [-0.2, -0.15) is 9.61 Å². The van der Waals surface area contributed by atoms with Crippen LogP contribution >= 0.6 is 0 Å². The Morgan fingerprint density at radius 2 is 1.60 bits per heavy atom. The Hall–Kier alpha value is -2.62. The number of benzene rings is 1. The topological polar surface area (TPSA) is 35.1 Å². The number of nitrogens with zero attached hydrogens (tertiary/aromatic N) is 4. The molecule has 0 unspecified atom stereocenters. The highest BCUT2D eigenvalue weighted by atomic mass is 15.3. The van der Waals surface area contributed by atoms with Crippen molar-refractivity contribution in [1.29, 1.82) is 0 Å². The summed E-state index contributed by atoms with van der Waals surface area (Å²) in [5, 5.41) is 6.22. The van der Waals surface area contributed by atoms with E-state index in [9.17, 15) is 0 Å². The van der Waals surface area contributed by atoms with Crippen molar-refractivity contribution in [3.63, 3.8) is 0 Å². The first kappa shape index (κ1) is 20.6. The van der Waals surface area contributed by atoms with Crippen molar-refractivity contribution in [2.24, 2.45) is 0 Å². The molecule has 0 aliphatic rings. The van der Waals surface area contributed by atoms with Crippen LogP contribution < -0.4 is 0 Å². The molecule has 4 nitrogen and oxygen atoms in total. The second-order valence-corrected chi connectivity index (χ2v) is 8.99. The average molecular weight is 402 g/mol. The summed E-state index contributed by atoms with van der Waals surface area (Å²) >= 11 is 0. The van der Waals surface area contributed by atoms with E-state index in [1.54, 1.807) is 0 Å². The van der Waals surface area contributed by atoms with Crippen molar-refractivity contribution in [1.82, 2.24) is 19.2 Å². The molecule has 0 saturated heterocycles. The standard InChI is InChI=1S/C26H33N4/c1-9-10-11-29-22(15(2)3)14-21-19(7)27-25-24(20(8)28-30(25)26(21)29)23-17(5)12-16(4)13-18(23)6/h12-15H,1,9-11H2,2-8H3. The molecule has 0 bridgehead atoms. The van der Waals surface area contributed by atoms with Crippen LogP contribution in [0.25, 0.3) is 27.8 Å². The van der Waals surface area contributed by atoms with E-state index in [0.717, 1.165) is 47.6 Å². The van der Waals surface area contributed by atoms with Gasteiger partial charge in [-0.3, -0.25) is 0 Å². The Morgan fingerprint density at radius 1 is 0.933 bits per heavy atom. The first-order valence-corrected chi connectivity index (χ1v) is 11.0. The molecule has 1 aromatic carbocycles. The van der Waals surface area contributed by atoms with Gasteiger partial charge in [0.05, 0.1) is 17.0 Å². The third kappa shape index (κ3) is 3.13. The van der Waals surface area contributed by atoms with Gasteiger partial charge in [0.2, 0.25) is 0 Å². The van der Waals surface area contributed by atoms with Crippen molar-refractivity contribution in [3.05, 3.63) is 58.9 Å². The molecule has 4 heteroatoms. The van der Waals surface area contributed by atoms with Crippen molar-refractivity contribution >= 4 is 16.7 Å². The summed E-state index contributed by atoms with van der Waals surface area (Å²) in [5.74, 6) is 0.439. The smallest absolute Gasteiger partial charge is 0.165 e. The van der Waals surface area contributed by atoms with Gasteiger partial charge in [0.25, 0.3) is 0 Å². The second-order valence-electron chi connectivity index (χ2n) is 8.99. The van der Waals surface area contributed by atoms with E-state index in [1.807, 2.05) is 0 Å². The third-order valence-corrected chi connectivity index (χ3v) is 6.15. The number of aryl methyl sites for hydroxylation is 6. The Labute approximate surface area is 179 Å². The van der Waals surface area contributed by atoms with Crippen molar-refractivity contribution in [2.75, 3.05) is 0 Å². The molecular weight excluding hydrogens is 368 g/mol. The van der Waals surface area contributed by atoms with Gasteiger partial charge in [0.15, 0.2) is 5.65 Å². The minimum absolute atomic E-state index is 0.439. The van der Waals surface area contributed by atoms with Crippen LogP contribution in [0.1, 0.15) is 66.4 Å². The van der Waals surface area contributed by atoms with Crippen LogP contribution in [0.4, 0.5) is 0 Å². The number of hydrogen-bond donors (Lipinski definition) is 0. The third-order valence-electron chi connectivity index (χ3n) is 6.15. The highest BCUT2D eigenvalue weighted by Crippen LogP contribution is 2.36. The van der Waals surface area contributed by atoms with Crippen LogP contribution in [0, 0.1) is 41.5 Å². The molecular formula is C26H33N4. The van der Waals surface area contributed by atoms with Gasteiger partial charge < -0.3 is 4.57 Å². The number of aromatic nitrogens is 4. The van der Waals surface area contributed by atoms with Crippen LogP contribution in [0.5, 0.6) is 0 Å². The van der Waals surface area contributed by atoms with Gasteiger partial charge in [-0.15, -0.1) is 0 Å². The van der Waals surface area contributed by atoms with Gasteiger partial charge in [0, 0.05) is 17.6 Å². The van der Waals surface area contributed by atoms with Crippen molar-refractivity contribution in [2.45, 2.75) is 73.8 Å². The van der Waals surface area contributed by atoms with E-state index in [0.29, 0.717) is 5.92 Å². The zero-order valence-corrected chi connectivity index (χ0v) is 19.4. The van der Waals surface area contributed by atoms with Crippen LogP contribution in [-0.4, -0.2) is 19.2 Å². The lowest BCUT2D eigenvalue weighted by Gasteiger charge is -2.14. The lowest BCUT2D eigenvalue weighted by molar-refractivity contribution is 0.611. The minimum atomic E-state index is 0.439. The van der Waals surface area contributed by atoms with E-state index in [2.05, 4.69) is 82.7 Å². The quantitative estimate of drug-likeness (QED) is 0.376.